The second-order valence-electron chi connectivity index (χ2n) is 9.44. The zero-order valence-corrected chi connectivity index (χ0v) is 23.9. The number of amides is 1. The SMILES string of the molecule is COc1cc(OC)c(Cl)c(-c2ccc(OC(=O)Nc3ccc(CN4CCN(C)CC4)cn3)c3ncccc23)c1Cl. The maximum absolute atomic E-state index is 12.8. The van der Waals surface area contributed by atoms with Gasteiger partial charge in [0.2, 0.25) is 0 Å². The van der Waals surface area contributed by atoms with Crippen LogP contribution in [0, 0.1) is 0 Å². The number of anilines is 1. The molecular formula is C29H29Cl2N5O4. The van der Waals surface area contributed by atoms with Crippen molar-refractivity contribution in [1.29, 1.82) is 0 Å². The standard InChI is InChI=1S/C29H29Cl2N5O4/c1-35-11-13-36(14-12-35)17-18-6-9-24(33-16-18)34-29(37)40-21-8-7-19(20-5-4-10-32-28(20)21)25-26(30)22(38-2)15-23(39-3)27(25)31/h4-10,15-16H,11-14,17H2,1-3H3,(H,33,34,37). The van der Waals surface area contributed by atoms with Crippen LogP contribution in [0.25, 0.3) is 22.0 Å². The molecule has 0 radical (unpaired) electrons. The zero-order chi connectivity index (χ0) is 28.2. The summed E-state index contributed by atoms with van der Waals surface area (Å²) in [6.07, 6.45) is 2.71. The molecule has 9 nitrogen and oxygen atoms in total. The maximum Gasteiger partial charge on any atom is 0.418 e. The molecule has 0 bridgehead atoms. The third kappa shape index (κ3) is 5.93. The van der Waals surface area contributed by atoms with Crippen molar-refractivity contribution < 1.29 is 19.0 Å². The van der Waals surface area contributed by atoms with E-state index in [0.29, 0.717) is 49.4 Å². The number of fused-ring (bicyclic) bond motifs is 1. The van der Waals surface area contributed by atoms with Crippen LogP contribution < -0.4 is 19.5 Å². The van der Waals surface area contributed by atoms with Crippen molar-refractivity contribution in [3.63, 3.8) is 0 Å². The Morgan fingerprint density at radius 1 is 0.950 bits per heavy atom. The molecule has 1 aliphatic heterocycles. The fourth-order valence-corrected chi connectivity index (χ4v) is 5.36. The molecule has 0 aliphatic carbocycles. The number of rotatable bonds is 7. The fourth-order valence-electron chi connectivity index (χ4n) is 4.66. The summed E-state index contributed by atoms with van der Waals surface area (Å²) in [5.74, 6) is 1.49. The minimum Gasteiger partial charge on any atom is -0.495 e. The monoisotopic (exact) mass is 581 g/mol. The summed E-state index contributed by atoms with van der Waals surface area (Å²) in [5.41, 5.74) is 2.75. The van der Waals surface area contributed by atoms with Crippen LogP contribution >= 0.6 is 23.2 Å². The van der Waals surface area contributed by atoms with Crippen molar-refractivity contribution in [2.45, 2.75) is 6.54 Å². The van der Waals surface area contributed by atoms with Gasteiger partial charge in [0.05, 0.1) is 24.3 Å². The highest BCUT2D eigenvalue weighted by atomic mass is 35.5. The number of benzene rings is 2. The highest BCUT2D eigenvalue weighted by Crippen LogP contribution is 2.48. The largest absolute Gasteiger partial charge is 0.495 e. The second-order valence-corrected chi connectivity index (χ2v) is 10.2. The van der Waals surface area contributed by atoms with Gasteiger partial charge in [-0.05, 0) is 42.4 Å². The van der Waals surface area contributed by atoms with Gasteiger partial charge < -0.3 is 19.1 Å². The van der Waals surface area contributed by atoms with E-state index in [2.05, 4.69) is 32.1 Å². The van der Waals surface area contributed by atoms with Crippen LogP contribution in [0.4, 0.5) is 10.6 Å². The molecule has 1 amide bonds. The van der Waals surface area contributed by atoms with Crippen molar-refractivity contribution >= 4 is 46.0 Å². The normalized spacial score (nSPS) is 14.2. The molecule has 1 aliphatic rings. The first kappa shape index (κ1) is 27.9. The molecule has 1 saturated heterocycles. The van der Waals surface area contributed by atoms with E-state index in [1.807, 2.05) is 12.1 Å². The number of halogens is 2. The number of hydrogen-bond donors (Lipinski definition) is 1. The number of likely N-dealkylation sites (N-methyl/N-ethyl adjacent to an activating group) is 1. The number of nitrogens with zero attached hydrogens (tertiary/aromatic N) is 4. The molecule has 0 atom stereocenters. The average Bonchev–Trinajstić information content (AvgIpc) is 2.96. The van der Waals surface area contributed by atoms with Crippen molar-refractivity contribution in [2.24, 2.45) is 0 Å². The lowest BCUT2D eigenvalue weighted by molar-refractivity contribution is 0.148. The van der Waals surface area contributed by atoms with Crippen LogP contribution in [-0.2, 0) is 6.54 Å². The summed E-state index contributed by atoms with van der Waals surface area (Å²) in [6, 6.07) is 12.4. The first-order valence-corrected chi connectivity index (χ1v) is 13.5. The molecule has 40 heavy (non-hydrogen) atoms. The first-order chi connectivity index (χ1) is 19.4. The number of ether oxygens (including phenoxy) is 3. The van der Waals surface area contributed by atoms with Crippen molar-refractivity contribution in [2.75, 3.05) is 52.8 Å². The van der Waals surface area contributed by atoms with Gasteiger partial charge in [0.1, 0.15) is 22.8 Å². The Morgan fingerprint density at radius 2 is 1.68 bits per heavy atom. The number of hydrogen-bond acceptors (Lipinski definition) is 8. The van der Waals surface area contributed by atoms with E-state index in [9.17, 15) is 4.79 Å². The average molecular weight is 582 g/mol. The molecule has 11 heteroatoms. The van der Waals surface area contributed by atoms with E-state index in [4.69, 9.17) is 37.4 Å². The van der Waals surface area contributed by atoms with E-state index in [-0.39, 0.29) is 5.75 Å². The predicted molar refractivity (Wildman–Crippen MR) is 157 cm³/mol. The molecule has 1 N–H and O–H groups in total. The molecule has 0 saturated carbocycles. The maximum atomic E-state index is 12.8. The van der Waals surface area contributed by atoms with Gasteiger partial charge in [-0.25, -0.2) is 9.78 Å². The van der Waals surface area contributed by atoms with E-state index in [1.54, 1.807) is 42.7 Å². The van der Waals surface area contributed by atoms with E-state index in [0.717, 1.165) is 38.3 Å². The number of methoxy groups -OCH3 is 2. The lowest BCUT2D eigenvalue weighted by Gasteiger charge is -2.32. The summed E-state index contributed by atoms with van der Waals surface area (Å²) < 4.78 is 16.5. The quantitative estimate of drug-likeness (QED) is 0.285. The fraction of sp³-hybridized carbons (Fsp3) is 0.276. The number of carbonyl (C=O) groups is 1. The van der Waals surface area contributed by atoms with Gasteiger partial charge in [0, 0.05) is 62.1 Å². The Hall–Kier alpha value is -3.63. The van der Waals surface area contributed by atoms with Crippen molar-refractivity contribution in [1.82, 2.24) is 19.8 Å². The van der Waals surface area contributed by atoms with Gasteiger partial charge >= 0.3 is 6.09 Å². The van der Waals surface area contributed by atoms with Crippen molar-refractivity contribution in [3.05, 3.63) is 70.5 Å². The Morgan fingerprint density at radius 3 is 2.33 bits per heavy atom. The van der Waals surface area contributed by atoms with Gasteiger partial charge in [-0.1, -0.05) is 35.3 Å². The summed E-state index contributed by atoms with van der Waals surface area (Å²) in [6.45, 7) is 4.97. The summed E-state index contributed by atoms with van der Waals surface area (Å²) >= 11 is 13.3. The molecular weight excluding hydrogens is 553 g/mol. The molecule has 0 unspecified atom stereocenters. The summed E-state index contributed by atoms with van der Waals surface area (Å²) in [7, 11) is 5.17. The van der Waals surface area contributed by atoms with Gasteiger partial charge in [-0.2, -0.15) is 0 Å². The number of piperazine rings is 1. The predicted octanol–water partition coefficient (Wildman–Crippen LogP) is 5.98. The molecule has 5 rings (SSSR count). The van der Waals surface area contributed by atoms with Gasteiger partial charge in [0.15, 0.2) is 5.75 Å². The molecule has 4 aromatic rings. The Balaban J connectivity index is 1.35. The number of aromatic nitrogens is 2. The molecule has 0 spiro atoms. The van der Waals surface area contributed by atoms with Crippen LogP contribution in [0.3, 0.4) is 0 Å². The molecule has 1 fully saturated rings. The third-order valence-corrected chi connectivity index (χ3v) is 7.59. The smallest absolute Gasteiger partial charge is 0.418 e. The van der Waals surface area contributed by atoms with Crippen LogP contribution in [-0.4, -0.2) is 73.3 Å². The van der Waals surface area contributed by atoms with E-state index in [1.165, 1.54) is 14.2 Å². The summed E-state index contributed by atoms with van der Waals surface area (Å²) in [5, 5.41) is 4.02. The zero-order valence-electron chi connectivity index (χ0n) is 22.4. The van der Waals surface area contributed by atoms with Crippen molar-refractivity contribution in [3.8, 4) is 28.4 Å². The number of carbonyl (C=O) groups excluding carboxylic acids is 1. The summed E-state index contributed by atoms with van der Waals surface area (Å²) in [4.78, 5) is 26.4. The third-order valence-electron chi connectivity index (χ3n) is 6.84. The Labute approximate surface area is 242 Å². The van der Waals surface area contributed by atoms with Gasteiger partial charge in [0.25, 0.3) is 0 Å². The van der Waals surface area contributed by atoms with E-state index < -0.39 is 6.09 Å². The topological polar surface area (TPSA) is 89.1 Å². The minimum atomic E-state index is -0.682. The first-order valence-electron chi connectivity index (χ1n) is 12.7. The van der Waals surface area contributed by atoms with Crippen LogP contribution in [0.5, 0.6) is 17.2 Å². The highest BCUT2D eigenvalue weighted by Gasteiger charge is 2.22. The minimum absolute atomic E-state index is 0.269. The van der Waals surface area contributed by atoms with E-state index >= 15 is 0 Å². The number of nitrogens with one attached hydrogen (secondary N) is 1. The molecule has 208 valence electrons. The Bertz CT molecular complexity index is 1500. The Kier molecular flexibility index (Phi) is 8.56. The molecule has 2 aromatic carbocycles. The van der Waals surface area contributed by atoms with Gasteiger partial charge in [-0.15, -0.1) is 0 Å². The number of pyridine rings is 2. The second kappa shape index (κ2) is 12.3. The lowest BCUT2D eigenvalue weighted by Crippen LogP contribution is -2.43. The lowest BCUT2D eigenvalue weighted by atomic mass is 9.99. The molecule has 3 heterocycles. The van der Waals surface area contributed by atoms with Gasteiger partial charge in [-0.3, -0.25) is 15.2 Å². The molecule has 2 aromatic heterocycles. The highest BCUT2D eigenvalue weighted by molar-refractivity contribution is 6.41. The van der Waals surface area contributed by atoms with Crippen LogP contribution in [0.1, 0.15) is 5.56 Å². The van der Waals surface area contributed by atoms with Crippen LogP contribution in [0.15, 0.2) is 54.9 Å². The van der Waals surface area contributed by atoms with Crippen LogP contribution in [0.2, 0.25) is 10.0 Å².